The zero-order valence-electron chi connectivity index (χ0n) is 22.5. The van der Waals surface area contributed by atoms with E-state index in [0.29, 0.717) is 35.6 Å². The lowest BCUT2D eigenvalue weighted by Crippen LogP contribution is -2.71. The third kappa shape index (κ3) is 4.34. The number of rotatable bonds is 7. The number of hydrogen-bond donors (Lipinski definition) is 4. The predicted octanol–water partition coefficient (Wildman–Crippen LogP) is 2.01. The molecule has 2 aliphatic heterocycles. The third-order valence-corrected chi connectivity index (χ3v) is 8.83. The van der Waals surface area contributed by atoms with Crippen LogP contribution in [0.25, 0.3) is 0 Å². The highest BCUT2D eigenvalue weighted by Gasteiger charge is 2.69. The molecule has 9 heteroatoms. The molecule has 0 aromatic heterocycles. The second kappa shape index (κ2) is 10.4. The minimum Gasteiger partial charge on any atom is -0.481 e. The highest BCUT2D eigenvalue weighted by molar-refractivity contribution is 5.82. The van der Waals surface area contributed by atoms with Crippen molar-refractivity contribution in [1.82, 2.24) is 10.2 Å². The van der Waals surface area contributed by atoms with E-state index in [0.717, 1.165) is 11.1 Å². The number of likely N-dealkylation sites (tertiary alicyclic amines) is 1. The van der Waals surface area contributed by atoms with E-state index in [1.165, 1.54) is 0 Å². The Balaban J connectivity index is 1.35. The van der Waals surface area contributed by atoms with E-state index in [2.05, 4.69) is 10.2 Å². The van der Waals surface area contributed by atoms with Gasteiger partial charge in [-0.1, -0.05) is 42.5 Å². The van der Waals surface area contributed by atoms with E-state index in [1.807, 2.05) is 33.0 Å². The molecule has 1 saturated heterocycles. The molecule has 5 rings (SSSR count). The van der Waals surface area contributed by atoms with Gasteiger partial charge in [-0.3, -0.25) is 9.59 Å². The number of aryl methyl sites for hydroxylation is 1. The molecule has 9 nitrogen and oxygen atoms in total. The molecule has 2 aromatic rings. The predicted molar refractivity (Wildman–Crippen MR) is 143 cm³/mol. The monoisotopic (exact) mass is 536 g/mol. The van der Waals surface area contributed by atoms with Crippen LogP contribution in [-0.4, -0.2) is 70.0 Å². The normalized spacial score (nSPS) is 28.3. The van der Waals surface area contributed by atoms with Crippen LogP contribution in [0.2, 0.25) is 0 Å². The van der Waals surface area contributed by atoms with E-state index in [4.69, 9.17) is 9.47 Å². The van der Waals surface area contributed by atoms with Crippen LogP contribution >= 0.6 is 0 Å². The van der Waals surface area contributed by atoms with Crippen molar-refractivity contribution in [3.8, 4) is 5.75 Å². The SMILES string of the molecule is Cc1ccc(CO)c2c1[C@]13CCN(C)[C@H](C)[C@]1(O)CC=C(OC(=O)CCNC(=O)[C@H](O)c1ccccc1)[C@@H]3O2. The van der Waals surface area contributed by atoms with E-state index in [9.17, 15) is 24.9 Å². The first kappa shape index (κ1) is 27.3. The van der Waals surface area contributed by atoms with Gasteiger partial charge in [0.05, 0.1) is 24.0 Å². The molecular weight excluding hydrogens is 500 g/mol. The van der Waals surface area contributed by atoms with Crippen LogP contribution in [0.3, 0.4) is 0 Å². The number of esters is 1. The number of nitrogens with zero attached hydrogens (tertiary/aromatic N) is 1. The summed E-state index contributed by atoms with van der Waals surface area (Å²) < 4.78 is 12.3. The summed E-state index contributed by atoms with van der Waals surface area (Å²) in [6.07, 6.45) is 0.396. The molecule has 1 fully saturated rings. The number of aliphatic hydroxyl groups is 3. The Morgan fingerprint density at radius 2 is 1.97 bits per heavy atom. The van der Waals surface area contributed by atoms with Crippen LogP contribution < -0.4 is 10.1 Å². The van der Waals surface area contributed by atoms with Crippen molar-refractivity contribution in [1.29, 1.82) is 0 Å². The molecule has 0 radical (unpaired) electrons. The smallest absolute Gasteiger partial charge is 0.312 e. The van der Waals surface area contributed by atoms with Crippen LogP contribution in [-0.2, 0) is 26.3 Å². The van der Waals surface area contributed by atoms with Crippen molar-refractivity contribution in [2.45, 2.75) is 69.0 Å². The number of fused-ring (bicyclic) bond motifs is 1. The largest absolute Gasteiger partial charge is 0.481 e. The number of benzene rings is 2. The molecule has 5 atom stereocenters. The number of likely N-dealkylation sites (N-methyl/N-ethyl adjacent to an activating group) is 1. The van der Waals surface area contributed by atoms with Gasteiger partial charge in [0, 0.05) is 30.1 Å². The molecule has 0 unspecified atom stereocenters. The summed E-state index contributed by atoms with van der Waals surface area (Å²) in [6, 6.07) is 12.1. The Labute approximate surface area is 228 Å². The molecule has 1 aliphatic carbocycles. The highest BCUT2D eigenvalue weighted by atomic mass is 16.6. The highest BCUT2D eigenvalue weighted by Crippen LogP contribution is 2.61. The van der Waals surface area contributed by atoms with E-state index in [-0.39, 0.29) is 32.0 Å². The Hall–Kier alpha value is -3.24. The minimum absolute atomic E-state index is 0.00866. The summed E-state index contributed by atoms with van der Waals surface area (Å²) in [5, 5.41) is 35.1. The fraction of sp³-hybridized carbons (Fsp3) is 0.467. The Kier molecular flexibility index (Phi) is 7.28. The lowest BCUT2D eigenvalue weighted by molar-refractivity contribution is -0.161. The number of nitrogens with one attached hydrogen (secondary N) is 1. The topological polar surface area (TPSA) is 129 Å². The van der Waals surface area contributed by atoms with Gasteiger partial charge in [-0.15, -0.1) is 0 Å². The van der Waals surface area contributed by atoms with E-state index in [1.54, 1.807) is 36.4 Å². The Morgan fingerprint density at radius 3 is 2.69 bits per heavy atom. The molecule has 0 saturated carbocycles. The average Bonchev–Trinajstić information content (AvgIpc) is 3.30. The summed E-state index contributed by atoms with van der Waals surface area (Å²) >= 11 is 0. The molecular formula is C30H36N2O7. The van der Waals surface area contributed by atoms with Crippen LogP contribution in [0.4, 0.5) is 0 Å². The number of carbonyl (C=O) groups is 2. The van der Waals surface area contributed by atoms with Gasteiger partial charge in [0.1, 0.15) is 11.5 Å². The number of carbonyl (C=O) groups excluding carboxylic acids is 2. The number of ether oxygens (including phenoxy) is 2. The molecule has 3 aliphatic rings. The first-order chi connectivity index (χ1) is 18.6. The summed E-state index contributed by atoms with van der Waals surface area (Å²) in [5.74, 6) is -0.284. The van der Waals surface area contributed by atoms with Crippen LogP contribution in [0.5, 0.6) is 5.75 Å². The van der Waals surface area contributed by atoms with Gasteiger partial charge in [-0.05, 0) is 51.1 Å². The molecule has 2 aromatic carbocycles. The first-order valence-electron chi connectivity index (χ1n) is 13.4. The van der Waals surface area contributed by atoms with Gasteiger partial charge < -0.3 is 35.0 Å². The lowest BCUT2D eigenvalue weighted by atomic mass is 9.54. The van der Waals surface area contributed by atoms with E-state index >= 15 is 0 Å². The van der Waals surface area contributed by atoms with Crippen molar-refractivity contribution < 1.29 is 34.4 Å². The zero-order chi connectivity index (χ0) is 27.9. The molecule has 4 N–H and O–H groups in total. The van der Waals surface area contributed by atoms with Gasteiger partial charge in [-0.2, -0.15) is 0 Å². The number of piperidine rings is 1. The Morgan fingerprint density at radius 1 is 1.23 bits per heavy atom. The number of aliphatic hydroxyl groups excluding tert-OH is 2. The van der Waals surface area contributed by atoms with Gasteiger partial charge >= 0.3 is 5.97 Å². The fourth-order valence-corrected chi connectivity index (χ4v) is 6.55. The van der Waals surface area contributed by atoms with Gasteiger partial charge in [0.25, 0.3) is 5.91 Å². The molecule has 2 heterocycles. The second-order valence-corrected chi connectivity index (χ2v) is 10.8. The maximum absolute atomic E-state index is 12.9. The van der Waals surface area contributed by atoms with Crippen molar-refractivity contribution in [3.05, 3.63) is 76.6 Å². The summed E-state index contributed by atoms with van der Waals surface area (Å²) in [6.45, 7) is 4.46. The van der Waals surface area contributed by atoms with Gasteiger partial charge in [0.2, 0.25) is 0 Å². The van der Waals surface area contributed by atoms with Crippen LogP contribution in [0, 0.1) is 6.92 Å². The molecule has 0 bridgehead atoms. The van der Waals surface area contributed by atoms with Gasteiger partial charge in [0.15, 0.2) is 12.2 Å². The van der Waals surface area contributed by atoms with Crippen LogP contribution in [0.15, 0.2) is 54.3 Å². The summed E-state index contributed by atoms with van der Waals surface area (Å²) in [5.41, 5.74) is 0.857. The van der Waals surface area contributed by atoms with Crippen molar-refractivity contribution >= 4 is 11.9 Å². The standard InChI is InChI=1S/C30H36N2O7/c1-18-9-10-21(17-33)26-24(18)29-14-16-32(3)19(2)30(29,37)13-11-22(27(29)39-26)38-23(34)12-15-31-28(36)25(35)20-7-5-4-6-8-20/h4-11,19,25,27,33,35,37H,12-17H2,1-3H3,(H,31,36)/t19-,25-,27+,29+,30-/m1/s1. The minimum atomic E-state index is -1.33. The quantitative estimate of drug-likeness (QED) is 0.396. The second-order valence-electron chi connectivity index (χ2n) is 10.8. The van der Waals surface area contributed by atoms with Crippen LogP contribution in [0.1, 0.15) is 54.5 Å². The zero-order valence-corrected chi connectivity index (χ0v) is 22.5. The van der Waals surface area contributed by atoms with Gasteiger partial charge in [-0.25, -0.2) is 0 Å². The maximum atomic E-state index is 12.9. The molecule has 1 amide bonds. The lowest BCUT2D eigenvalue weighted by Gasteiger charge is -2.58. The van der Waals surface area contributed by atoms with E-state index < -0.39 is 35.1 Å². The fourth-order valence-electron chi connectivity index (χ4n) is 6.55. The van der Waals surface area contributed by atoms with Crippen molar-refractivity contribution in [3.63, 3.8) is 0 Å². The average molecular weight is 537 g/mol. The maximum Gasteiger partial charge on any atom is 0.312 e. The summed E-state index contributed by atoms with van der Waals surface area (Å²) in [7, 11) is 1.99. The molecule has 208 valence electrons. The number of amides is 1. The third-order valence-electron chi connectivity index (χ3n) is 8.83. The Bertz CT molecular complexity index is 1300. The number of hydrogen-bond acceptors (Lipinski definition) is 8. The molecule has 1 spiro atoms. The first-order valence-corrected chi connectivity index (χ1v) is 13.4. The molecule has 39 heavy (non-hydrogen) atoms. The van der Waals surface area contributed by atoms with Crippen molar-refractivity contribution in [2.24, 2.45) is 0 Å². The van der Waals surface area contributed by atoms with Crippen molar-refractivity contribution in [2.75, 3.05) is 20.1 Å². The summed E-state index contributed by atoms with van der Waals surface area (Å²) in [4.78, 5) is 27.4.